The molecule has 112 valence electrons. The number of hydrogen-bond donors (Lipinski definition) is 2. The van der Waals surface area contributed by atoms with E-state index in [4.69, 9.17) is 14.4 Å². The van der Waals surface area contributed by atoms with Crippen LogP contribution in [0.15, 0.2) is 23.0 Å². The SMILES string of the molecule is CC1(C)OB(/C=C/c2[nH]ccc(=O)c2C(=O)O)OC1(C)C. The molecule has 2 N–H and O–H groups in total. The van der Waals surface area contributed by atoms with Crippen molar-refractivity contribution in [2.45, 2.75) is 38.9 Å². The number of aromatic nitrogens is 1. The third-order valence-corrected chi connectivity index (χ3v) is 3.89. The molecule has 2 heterocycles. The number of H-pyrrole nitrogens is 1. The quantitative estimate of drug-likeness (QED) is 0.828. The Morgan fingerprint density at radius 2 is 1.86 bits per heavy atom. The fourth-order valence-corrected chi connectivity index (χ4v) is 1.99. The third-order valence-electron chi connectivity index (χ3n) is 3.89. The van der Waals surface area contributed by atoms with E-state index in [0.717, 1.165) is 0 Å². The van der Waals surface area contributed by atoms with Gasteiger partial charge in [-0.15, -0.1) is 0 Å². The van der Waals surface area contributed by atoms with Gasteiger partial charge in [0.05, 0.1) is 16.9 Å². The number of aromatic amines is 1. The van der Waals surface area contributed by atoms with E-state index < -0.39 is 29.7 Å². The van der Waals surface area contributed by atoms with E-state index >= 15 is 0 Å². The molecule has 1 aliphatic rings. The van der Waals surface area contributed by atoms with Gasteiger partial charge in [0.2, 0.25) is 0 Å². The molecule has 1 saturated heterocycles. The monoisotopic (exact) mass is 291 g/mol. The smallest absolute Gasteiger partial charge is 0.477 e. The van der Waals surface area contributed by atoms with Gasteiger partial charge in [-0.3, -0.25) is 4.79 Å². The number of carboxylic acid groups (broad SMARTS) is 1. The first kappa shape index (κ1) is 15.5. The van der Waals surface area contributed by atoms with E-state index in [0.29, 0.717) is 0 Å². The highest BCUT2D eigenvalue weighted by Crippen LogP contribution is 2.36. The van der Waals surface area contributed by atoms with Crippen molar-refractivity contribution >= 4 is 19.2 Å². The zero-order valence-electron chi connectivity index (χ0n) is 12.5. The molecule has 0 atom stereocenters. The Hall–Kier alpha value is -1.86. The summed E-state index contributed by atoms with van der Waals surface area (Å²) in [6.07, 6.45) is 2.89. The Balaban J connectivity index is 2.27. The van der Waals surface area contributed by atoms with Crippen molar-refractivity contribution < 1.29 is 19.2 Å². The Kier molecular flexibility index (Phi) is 3.82. The van der Waals surface area contributed by atoms with E-state index in [2.05, 4.69) is 4.98 Å². The molecule has 0 unspecified atom stereocenters. The molecule has 1 aromatic rings. The van der Waals surface area contributed by atoms with Crippen LogP contribution in [0.5, 0.6) is 0 Å². The highest BCUT2D eigenvalue weighted by Gasteiger charge is 2.50. The van der Waals surface area contributed by atoms with Crippen molar-refractivity contribution in [2.24, 2.45) is 0 Å². The lowest BCUT2D eigenvalue weighted by Gasteiger charge is -2.32. The van der Waals surface area contributed by atoms with Gasteiger partial charge in [0, 0.05) is 12.3 Å². The normalized spacial score (nSPS) is 20.1. The molecule has 1 aliphatic heterocycles. The van der Waals surface area contributed by atoms with E-state index in [9.17, 15) is 9.59 Å². The fourth-order valence-electron chi connectivity index (χ4n) is 1.99. The third kappa shape index (κ3) is 2.93. The topological polar surface area (TPSA) is 88.6 Å². The predicted molar refractivity (Wildman–Crippen MR) is 79.1 cm³/mol. The van der Waals surface area contributed by atoms with Crippen LogP contribution in [0, 0.1) is 0 Å². The highest BCUT2D eigenvalue weighted by molar-refractivity contribution is 6.52. The molecule has 0 bridgehead atoms. The van der Waals surface area contributed by atoms with Gasteiger partial charge in [-0.05, 0) is 33.8 Å². The van der Waals surface area contributed by atoms with Crippen LogP contribution in [0.2, 0.25) is 0 Å². The van der Waals surface area contributed by atoms with Crippen molar-refractivity contribution in [3.05, 3.63) is 39.7 Å². The van der Waals surface area contributed by atoms with Crippen LogP contribution in [-0.4, -0.2) is 34.4 Å². The Morgan fingerprint density at radius 3 is 2.38 bits per heavy atom. The lowest BCUT2D eigenvalue weighted by atomic mass is 9.89. The maximum absolute atomic E-state index is 11.6. The molecular formula is C14H18BNO5. The number of carbonyl (C=O) groups is 1. The first-order chi connectivity index (χ1) is 9.64. The van der Waals surface area contributed by atoms with Crippen LogP contribution in [0.4, 0.5) is 0 Å². The van der Waals surface area contributed by atoms with Gasteiger partial charge in [-0.25, -0.2) is 4.79 Å². The Morgan fingerprint density at radius 1 is 1.29 bits per heavy atom. The van der Waals surface area contributed by atoms with Crippen LogP contribution in [0.1, 0.15) is 43.7 Å². The van der Waals surface area contributed by atoms with Crippen molar-refractivity contribution in [3.8, 4) is 0 Å². The molecule has 1 fully saturated rings. The summed E-state index contributed by atoms with van der Waals surface area (Å²) >= 11 is 0. The molecular weight excluding hydrogens is 273 g/mol. The molecule has 0 aromatic carbocycles. The first-order valence-electron chi connectivity index (χ1n) is 6.63. The van der Waals surface area contributed by atoms with Crippen molar-refractivity contribution in [3.63, 3.8) is 0 Å². The van der Waals surface area contributed by atoms with E-state index in [1.807, 2.05) is 27.7 Å². The van der Waals surface area contributed by atoms with Crippen molar-refractivity contribution in [1.29, 1.82) is 0 Å². The molecule has 0 saturated carbocycles. The standard InChI is InChI=1S/C14H18BNO5/c1-13(2)14(3,4)21-15(20-13)7-5-9-11(12(18)19)10(17)6-8-16-9/h5-8H,1-4H3,(H,16,17)(H,18,19)/b7-5+. The number of hydrogen-bond acceptors (Lipinski definition) is 4. The average molecular weight is 291 g/mol. The molecule has 0 spiro atoms. The summed E-state index contributed by atoms with van der Waals surface area (Å²) in [6.45, 7) is 7.70. The zero-order valence-corrected chi connectivity index (χ0v) is 12.5. The lowest BCUT2D eigenvalue weighted by molar-refractivity contribution is 0.00578. The molecule has 1 aromatic heterocycles. The van der Waals surface area contributed by atoms with Crippen LogP contribution in [0.3, 0.4) is 0 Å². The molecule has 0 aliphatic carbocycles. The van der Waals surface area contributed by atoms with Gasteiger partial charge in [-0.2, -0.15) is 0 Å². The summed E-state index contributed by atoms with van der Waals surface area (Å²) < 4.78 is 11.5. The fraction of sp³-hybridized carbons (Fsp3) is 0.429. The van der Waals surface area contributed by atoms with Crippen LogP contribution in [0.25, 0.3) is 6.08 Å². The molecule has 0 amide bonds. The summed E-state index contributed by atoms with van der Waals surface area (Å²) in [6, 6.07) is 1.18. The minimum atomic E-state index is -1.27. The second kappa shape index (κ2) is 5.16. The second-order valence-corrected chi connectivity index (χ2v) is 5.92. The van der Waals surface area contributed by atoms with Crippen LogP contribution < -0.4 is 5.43 Å². The minimum absolute atomic E-state index is 0.213. The van der Waals surface area contributed by atoms with Gasteiger partial charge in [-0.1, -0.05) is 5.98 Å². The van der Waals surface area contributed by atoms with Gasteiger partial charge in [0.25, 0.3) is 0 Å². The van der Waals surface area contributed by atoms with E-state index in [1.54, 1.807) is 5.98 Å². The van der Waals surface area contributed by atoms with Crippen LogP contribution in [-0.2, 0) is 9.31 Å². The maximum Gasteiger partial charge on any atom is 0.487 e. The maximum atomic E-state index is 11.6. The number of pyridine rings is 1. The summed E-state index contributed by atoms with van der Waals surface area (Å²) in [5, 5.41) is 9.09. The van der Waals surface area contributed by atoms with Crippen LogP contribution >= 0.6 is 0 Å². The molecule has 21 heavy (non-hydrogen) atoms. The van der Waals surface area contributed by atoms with Gasteiger partial charge in [0.15, 0.2) is 5.43 Å². The molecule has 0 radical (unpaired) electrons. The second-order valence-electron chi connectivity index (χ2n) is 5.92. The molecule has 7 heteroatoms. The summed E-state index contributed by atoms with van der Waals surface area (Å²) in [5.41, 5.74) is -1.58. The number of rotatable bonds is 3. The van der Waals surface area contributed by atoms with Crippen molar-refractivity contribution in [1.82, 2.24) is 4.98 Å². The number of nitrogens with one attached hydrogen (secondary N) is 1. The largest absolute Gasteiger partial charge is 0.487 e. The summed E-state index contributed by atoms with van der Waals surface area (Å²) in [7, 11) is -0.597. The average Bonchev–Trinajstić information content (AvgIpc) is 2.54. The van der Waals surface area contributed by atoms with Gasteiger partial charge >= 0.3 is 13.1 Å². The lowest BCUT2D eigenvalue weighted by Crippen LogP contribution is -2.41. The predicted octanol–water partition coefficient (Wildman–Crippen LogP) is 1.72. The summed E-state index contributed by atoms with van der Waals surface area (Å²) in [4.78, 5) is 25.5. The Bertz CT molecular complexity index is 631. The van der Waals surface area contributed by atoms with Crippen molar-refractivity contribution in [2.75, 3.05) is 0 Å². The highest BCUT2D eigenvalue weighted by atomic mass is 16.7. The number of aromatic carboxylic acids is 1. The first-order valence-corrected chi connectivity index (χ1v) is 6.63. The Labute approximate surface area is 122 Å². The molecule has 6 nitrogen and oxygen atoms in total. The minimum Gasteiger partial charge on any atom is -0.477 e. The van der Waals surface area contributed by atoms with Gasteiger partial charge in [0.1, 0.15) is 5.56 Å². The van der Waals surface area contributed by atoms with E-state index in [1.165, 1.54) is 18.3 Å². The molecule has 2 rings (SSSR count). The number of carboxylic acids is 1. The van der Waals surface area contributed by atoms with E-state index in [-0.39, 0.29) is 11.3 Å². The van der Waals surface area contributed by atoms with Gasteiger partial charge < -0.3 is 19.4 Å². The summed E-state index contributed by atoms with van der Waals surface area (Å²) in [5.74, 6) is 0.319. The zero-order chi connectivity index (χ0) is 15.8.